The summed E-state index contributed by atoms with van der Waals surface area (Å²) >= 11 is 0. The molecule has 25 heavy (non-hydrogen) atoms. The van der Waals surface area contributed by atoms with Gasteiger partial charge in [-0.3, -0.25) is 9.40 Å². The van der Waals surface area contributed by atoms with Gasteiger partial charge in [-0.1, -0.05) is 0 Å². The Kier molecular flexibility index (Phi) is 5.19. The standard InChI is InChI=1S/C15H25N5O4S/c1-24-10-14-6-13(9-19(14)15(21)17-11-4-3-5-11)20-8-12(7-16-20)18-25(2,22)23/h7-8,11,13-14,18H,3-6,9-10H2,1-2H3,(H,17,21)/t13-,14-/m0/s1. The lowest BCUT2D eigenvalue weighted by molar-refractivity contribution is 0.120. The molecule has 1 aromatic rings. The van der Waals surface area contributed by atoms with Crippen LogP contribution in [0.4, 0.5) is 10.5 Å². The summed E-state index contributed by atoms with van der Waals surface area (Å²) in [6.45, 7) is 0.983. The third-order valence-electron chi connectivity index (χ3n) is 4.72. The number of hydrogen-bond donors (Lipinski definition) is 2. The number of carbonyl (C=O) groups excluding carboxylic acids is 1. The highest BCUT2D eigenvalue weighted by molar-refractivity contribution is 7.92. The molecule has 2 fully saturated rings. The molecule has 1 aliphatic heterocycles. The van der Waals surface area contributed by atoms with Crippen molar-refractivity contribution in [2.45, 2.75) is 43.8 Å². The normalized spacial score (nSPS) is 24.2. The number of nitrogens with one attached hydrogen (secondary N) is 2. The van der Waals surface area contributed by atoms with Crippen LogP contribution in [0.3, 0.4) is 0 Å². The van der Waals surface area contributed by atoms with E-state index in [1.807, 2.05) is 0 Å². The predicted molar refractivity (Wildman–Crippen MR) is 92.9 cm³/mol. The molecule has 2 heterocycles. The van der Waals surface area contributed by atoms with Crippen LogP contribution in [0.25, 0.3) is 0 Å². The molecule has 0 aromatic carbocycles. The number of likely N-dealkylation sites (tertiary alicyclic amines) is 1. The number of anilines is 1. The van der Waals surface area contributed by atoms with Gasteiger partial charge in [-0.2, -0.15) is 5.10 Å². The topological polar surface area (TPSA) is 106 Å². The summed E-state index contributed by atoms with van der Waals surface area (Å²) in [5.41, 5.74) is 0.420. The zero-order valence-electron chi connectivity index (χ0n) is 14.5. The van der Waals surface area contributed by atoms with Crippen LogP contribution in [0.5, 0.6) is 0 Å². The lowest BCUT2D eigenvalue weighted by Gasteiger charge is -2.31. The maximum atomic E-state index is 12.5. The van der Waals surface area contributed by atoms with Gasteiger partial charge >= 0.3 is 6.03 Å². The van der Waals surface area contributed by atoms with E-state index in [0.29, 0.717) is 25.3 Å². The molecule has 10 heteroatoms. The highest BCUT2D eigenvalue weighted by Crippen LogP contribution is 2.29. The number of rotatable bonds is 6. The summed E-state index contributed by atoms with van der Waals surface area (Å²) < 4.78 is 32.0. The lowest BCUT2D eigenvalue weighted by Crippen LogP contribution is -2.49. The molecule has 9 nitrogen and oxygen atoms in total. The molecule has 0 unspecified atom stereocenters. The number of hydrogen-bond acceptors (Lipinski definition) is 5. The highest BCUT2D eigenvalue weighted by atomic mass is 32.2. The molecule has 0 spiro atoms. The second-order valence-electron chi connectivity index (χ2n) is 6.81. The van der Waals surface area contributed by atoms with Crippen molar-refractivity contribution < 1.29 is 17.9 Å². The molecule has 140 valence electrons. The Labute approximate surface area is 147 Å². The van der Waals surface area contributed by atoms with Gasteiger partial charge in [0.15, 0.2) is 0 Å². The highest BCUT2D eigenvalue weighted by Gasteiger charge is 2.37. The minimum absolute atomic E-state index is 0.0117. The molecular weight excluding hydrogens is 346 g/mol. The Balaban J connectivity index is 1.67. The number of sulfonamides is 1. The van der Waals surface area contributed by atoms with Crippen molar-refractivity contribution >= 4 is 21.7 Å². The number of urea groups is 1. The van der Waals surface area contributed by atoms with Crippen LogP contribution < -0.4 is 10.0 Å². The average molecular weight is 371 g/mol. The Morgan fingerprint density at radius 3 is 2.80 bits per heavy atom. The van der Waals surface area contributed by atoms with Crippen LogP contribution in [0.2, 0.25) is 0 Å². The SMILES string of the molecule is COC[C@@H]1C[C@H](n2cc(NS(C)(=O)=O)cn2)CN1C(=O)NC1CCC1. The van der Waals surface area contributed by atoms with Crippen molar-refractivity contribution in [2.24, 2.45) is 0 Å². The van der Waals surface area contributed by atoms with Crippen LogP contribution in [0, 0.1) is 0 Å². The summed E-state index contributed by atoms with van der Waals surface area (Å²) in [6, 6.07) is 0.189. The molecule has 2 aliphatic rings. The summed E-state index contributed by atoms with van der Waals surface area (Å²) in [7, 11) is -1.72. The Bertz CT molecular complexity index is 715. The van der Waals surface area contributed by atoms with Gasteiger partial charge in [0.2, 0.25) is 10.0 Å². The maximum Gasteiger partial charge on any atom is 0.318 e. The third kappa shape index (κ3) is 4.43. The first kappa shape index (κ1) is 18.0. The quantitative estimate of drug-likeness (QED) is 0.769. The van der Waals surface area contributed by atoms with Crippen molar-refractivity contribution in [3.05, 3.63) is 12.4 Å². The van der Waals surface area contributed by atoms with Gasteiger partial charge in [-0.15, -0.1) is 0 Å². The molecule has 1 saturated heterocycles. The van der Waals surface area contributed by atoms with Crippen molar-refractivity contribution in [1.82, 2.24) is 20.0 Å². The molecule has 0 bridgehead atoms. The first-order valence-electron chi connectivity index (χ1n) is 8.43. The van der Waals surface area contributed by atoms with E-state index in [0.717, 1.165) is 19.1 Å². The molecule has 3 rings (SSSR count). The summed E-state index contributed by atoms with van der Waals surface area (Å²) in [5.74, 6) is 0. The molecule has 0 radical (unpaired) electrons. The van der Waals surface area contributed by atoms with Gasteiger partial charge in [0.05, 0.1) is 36.8 Å². The van der Waals surface area contributed by atoms with E-state index in [1.165, 1.54) is 12.6 Å². The van der Waals surface area contributed by atoms with Gasteiger partial charge in [0.1, 0.15) is 0 Å². The minimum Gasteiger partial charge on any atom is -0.383 e. The molecular formula is C15H25N5O4S. The Hall–Kier alpha value is -1.81. The first-order valence-corrected chi connectivity index (χ1v) is 10.3. The van der Waals surface area contributed by atoms with Crippen LogP contribution >= 0.6 is 0 Å². The van der Waals surface area contributed by atoms with E-state index < -0.39 is 10.0 Å². The van der Waals surface area contributed by atoms with Gasteiger partial charge in [0, 0.05) is 25.9 Å². The first-order chi connectivity index (χ1) is 11.9. The fraction of sp³-hybridized carbons (Fsp3) is 0.733. The summed E-state index contributed by atoms with van der Waals surface area (Å²) in [5, 5.41) is 7.31. The molecule has 1 saturated carbocycles. The lowest BCUT2D eigenvalue weighted by atomic mass is 9.93. The number of aromatic nitrogens is 2. The Morgan fingerprint density at radius 2 is 2.20 bits per heavy atom. The zero-order valence-corrected chi connectivity index (χ0v) is 15.3. The second kappa shape index (κ2) is 7.20. The smallest absolute Gasteiger partial charge is 0.318 e. The molecule has 2 atom stereocenters. The predicted octanol–water partition coefficient (Wildman–Crippen LogP) is 0.779. The molecule has 2 N–H and O–H groups in total. The van der Waals surface area contributed by atoms with Crippen LogP contribution in [0.15, 0.2) is 12.4 Å². The minimum atomic E-state index is -3.34. The largest absolute Gasteiger partial charge is 0.383 e. The second-order valence-corrected chi connectivity index (χ2v) is 8.56. The van der Waals surface area contributed by atoms with Crippen LogP contribution in [-0.2, 0) is 14.8 Å². The molecule has 1 aromatic heterocycles. The monoisotopic (exact) mass is 371 g/mol. The summed E-state index contributed by atoms with van der Waals surface area (Å²) in [4.78, 5) is 14.3. The van der Waals surface area contributed by atoms with Gasteiger partial charge < -0.3 is 15.0 Å². The number of nitrogens with zero attached hydrogens (tertiary/aromatic N) is 3. The van der Waals surface area contributed by atoms with E-state index in [1.54, 1.807) is 22.9 Å². The van der Waals surface area contributed by atoms with Crippen molar-refractivity contribution in [1.29, 1.82) is 0 Å². The fourth-order valence-electron chi connectivity index (χ4n) is 3.30. The maximum absolute atomic E-state index is 12.5. The van der Waals surface area contributed by atoms with E-state index in [9.17, 15) is 13.2 Å². The number of ether oxygens (including phenoxy) is 1. The molecule has 1 aliphatic carbocycles. The zero-order chi connectivity index (χ0) is 18.0. The van der Waals surface area contributed by atoms with E-state index >= 15 is 0 Å². The van der Waals surface area contributed by atoms with Gasteiger partial charge in [-0.25, -0.2) is 13.2 Å². The summed E-state index contributed by atoms with van der Waals surface area (Å²) in [6.07, 6.45) is 8.19. The average Bonchev–Trinajstić information content (AvgIpc) is 3.08. The van der Waals surface area contributed by atoms with E-state index in [-0.39, 0.29) is 24.2 Å². The van der Waals surface area contributed by atoms with Crippen LogP contribution in [0.1, 0.15) is 31.7 Å². The van der Waals surface area contributed by atoms with Gasteiger partial charge in [-0.05, 0) is 25.7 Å². The fourth-order valence-corrected chi connectivity index (χ4v) is 3.83. The third-order valence-corrected chi connectivity index (χ3v) is 5.33. The molecule has 2 amide bonds. The van der Waals surface area contributed by atoms with E-state index in [4.69, 9.17) is 4.74 Å². The van der Waals surface area contributed by atoms with Crippen molar-refractivity contribution in [3.8, 4) is 0 Å². The Morgan fingerprint density at radius 1 is 1.44 bits per heavy atom. The van der Waals surface area contributed by atoms with Crippen LogP contribution in [-0.4, -0.2) is 67.7 Å². The van der Waals surface area contributed by atoms with Crippen molar-refractivity contribution in [3.63, 3.8) is 0 Å². The van der Waals surface area contributed by atoms with E-state index in [2.05, 4.69) is 15.1 Å². The number of amides is 2. The van der Waals surface area contributed by atoms with Gasteiger partial charge in [0.25, 0.3) is 0 Å². The number of carbonyl (C=O) groups is 1. The van der Waals surface area contributed by atoms with Crippen molar-refractivity contribution in [2.75, 3.05) is 31.2 Å². The number of methoxy groups -OCH3 is 1.